The Labute approximate surface area is 52.6 Å². The van der Waals surface area contributed by atoms with Crippen molar-refractivity contribution < 1.29 is 4.79 Å². The van der Waals surface area contributed by atoms with E-state index in [-0.39, 0.29) is 5.57 Å². The lowest BCUT2D eigenvalue weighted by atomic mass is 10.3. The second-order valence-electron chi connectivity index (χ2n) is 1.13. The van der Waals surface area contributed by atoms with Gasteiger partial charge in [0.05, 0.1) is 0 Å². The van der Waals surface area contributed by atoms with E-state index in [1.54, 1.807) is 0 Å². The Morgan fingerprint density at radius 2 is 2.25 bits per heavy atom. The predicted molar refractivity (Wildman–Crippen MR) is 33.3 cm³/mol. The van der Waals surface area contributed by atoms with Gasteiger partial charge in [-0.05, 0) is 0 Å². The van der Waals surface area contributed by atoms with Crippen molar-refractivity contribution in [1.29, 1.82) is 0 Å². The molecule has 2 nitrogen and oxygen atoms in total. The molecule has 0 aromatic carbocycles. The van der Waals surface area contributed by atoms with Crippen molar-refractivity contribution in [1.82, 2.24) is 0 Å². The minimum absolute atomic E-state index is 0.228. The van der Waals surface area contributed by atoms with Gasteiger partial charge < -0.3 is 5.73 Å². The number of primary amides is 1. The van der Waals surface area contributed by atoms with E-state index in [0.717, 1.165) is 5.54 Å². The molecule has 1 amide bonds. The zero-order valence-corrected chi connectivity index (χ0v) is 4.98. The van der Waals surface area contributed by atoms with Crippen LogP contribution in [0.1, 0.15) is 0 Å². The van der Waals surface area contributed by atoms with Crippen LogP contribution in [0.2, 0.25) is 0 Å². The molecule has 0 radical (unpaired) electrons. The Bertz CT molecular complexity index is 139. The van der Waals surface area contributed by atoms with E-state index in [0.29, 0.717) is 0 Å². The van der Waals surface area contributed by atoms with Crippen LogP contribution in [0.3, 0.4) is 0 Å². The van der Waals surface area contributed by atoms with Crippen LogP contribution in [0.15, 0.2) is 23.8 Å². The van der Waals surface area contributed by atoms with Crippen molar-refractivity contribution in [2.45, 2.75) is 0 Å². The zero-order valence-electron chi connectivity index (χ0n) is 4.23. The molecule has 0 aliphatic carbocycles. The van der Waals surface area contributed by atoms with Gasteiger partial charge in [0.25, 0.3) is 0 Å². The highest BCUT2D eigenvalue weighted by atomic mass is 35.5. The minimum Gasteiger partial charge on any atom is -0.366 e. The third-order valence-corrected chi connectivity index (χ3v) is 0.857. The summed E-state index contributed by atoms with van der Waals surface area (Å²) in [7, 11) is 0. The Morgan fingerprint density at radius 1 is 1.75 bits per heavy atom. The molecule has 0 bridgehead atoms. The van der Waals surface area contributed by atoms with Crippen molar-refractivity contribution in [3.63, 3.8) is 0 Å². The minimum atomic E-state index is -0.560. The van der Waals surface area contributed by atoms with E-state index >= 15 is 0 Å². The van der Waals surface area contributed by atoms with Gasteiger partial charge in [-0.3, -0.25) is 4.79 Å². The standard InChI is InChI=1S/C5H6ClNO/c1-2-4(3-6)5(7)8/h2-3H,1H2,(H2,7,8)/b4-3+. The predicted octanol–water partition coefficient (Wildman–Crippen LogP) is 0.780. The first kappa shape index (κ1) is 7.24. The van der Waals surface area contributed by atoms with Gasteiger partial charge in [0.1, 0.15) is 0 Å². The van der Waals surface area contributed by atoms with E-state index in [4.69, 9.17) is 17.3 Å². The van der Waals surface area contributed by atoms with E-state index in [1.165, 1.54) is 6.08 Å². The molecular formula is C5H6ClNO. The summed E-state index contributed by atoms with van der Waals surface area (Å²) in [6, 6.07) is 0. The lowest BCUT2D eigenvalue weighted by molar-refractivity contribution is -0.114. The maximum Gasteiger partial charge on any atom is 0.249 e. The fourth-order valence-electron chi connectivity index (χ4n) is 0.199. The summed E-state index contributed by atoms with van der Waals surface area (Å²) in [5.74, 6) is -0.560. The highest BCUT2D eigenvalue weighted by Crippen LogP contribution is 1.94. The number of hydrogen-bond acceptors (Lipinski definition) is 1. The summed E-state index contributed by atoms with van der Waals surface area (Å²) >= 11 is 5.13. The van der Waals surface area contributed by atoms with Gasteiger partial charge in [0.15, 0.2) is 0 Å². The first-order chi connectivity index (χ1) is 3.72. The molecule has 0 saturated heterocycles. The number of carbonyl (C=O) groups excluding carboxylic acids is 1. The van der Waals surface area contributed by atoms with Crippen LogP contribution in [-0.2, 0) is 4.79 Å². The molecule has 0 spiro atoms. The molecule has 3 heteroatoms. The maximum atomic E-state index is 10.2. The van der Waals surface area contributed by atoms with Crippen LogP contribution in [-0.4, -0.2) is 5.91 Å². The summed E-state index contributed by atoms with van der Waals surface area (Å²) in [5, 5.41) is 0. The molecule has 0 rings (SSSR count). The normalized spacial score (nSPS) is 10.9. The molecule has 8 heavy (non-hydrogen) atoms. The lowest BCUT2D eigenvalue weighted by Crippen LogP contribution is -2.11. The first-order valence-corrected chi connectivity index (χ1v) is 2.38. The summed E-state index contributed by atoms with van der Waals surface area (Å²) in [6.07, 6.45) is 1.30. The molecule has 0 fully saturated rings. The van der Waals surface area contributed by atoms with Crippen LogP contribution in [0.25, 0.3) is 0 Å². The number of amides is 1. The Hall–Kier alpha value is -0.760. The number of rotatable bonds is 2. The van der Waals surface area contributed by atoms with Gasteiger partial charge in [0.2, 0.25) is 5.91 Å². The van der Waals surface area contributed by atoms with Crippen LogP contribution < -0.4 is 5.73 Å². The van der Waals surface area contributed by atoms with Gasteiger partial charge in [0, 0.05) is 11.1 Å². The summed E-state index contributed by atoms with van der Waals surface area (Å²) < 4.78 is 0. The summed E-state index contributed by atoms with van der Waals surface area (Å²) in [5.41, 5.74) is 6.12. The fraction of sp³-hybridized carbons (Fsp3) is 0. The average Bonchev–Trinajstić information content (AvgIpc) is 1.69. The average molecular weight is 132 g/mol. The molecule has 0 aromatic rings. The van der Waals surface area contributed by atoms with Gasteiger partial charge >= 0.3 is 0 Å². The largest absolute Gasteiger partial charge is 0.366 e. The second-order valence-corrected chi connectivity index (χ2v) is 1.35. The van der Waals surface area contributed by atoms with Crippen molar-refractivity contribution >= 4 is 17.5 Å². The van der Waals surface area contributed by atoms with Gasteiger partial charge in [-0.25, -0.2) is 0 Å². The van der Waals surface area contributed by atoms with Crippen molar-refractivity contribution in [3.05, 3.63) is 23.8 Å². The van der Waals surface area contributed by atoms with Crippen LogP contribution in [0.4, 0.5) is 0 Å². The number of halogens is 1. The zero-order chi connectivity index (χ0) is 6.57. The summed E-state index contributed by atoms with van der Waals surface area (Å²) in [4.78, 5) is 10.2. The topological polar surface area (TPSA) is 43.1 Å². The Kier molecular flexibility index (Phi) is 2.96. The highest BCUT2D eigenvalue weighted by Gasteiger charge is 1.94. The van der Waals surface area contributed by atoms with Crippen LogP contribution in [0, 0.1) is 0 Å². The second kappa shape index (κ2) is 3.27. The summed E-state index contributed by atoms with van der Waals surface area (Å²) in [6.45, 7) is 3.30. The van der Waals surface area contributed by atoms with Gasteiger partial charge in [-0.2, -0.15) is 0 Å². The third kappa shape index (κ3) is 1.80. The monoisotopic (exact) mass is 131 g/mol. The van der Waals surface area contributed by atoms with Gasteiger partial charge in [-0.15, -0.1) is 0 Å². The number of hydrogen-bond donors (Lipinski definition) is 1. The van der Waals surface area contributed by atoms with Gasteiger partial charge in [-0.1, -0.05) is 24.3 Å². The lowest BCUT2D eigenvalue weighted by Gasteiger charge is -1.86. The maximum absolute atomic E-state index is 10.2. The van der Waals surface area contributed by atoms with Crippen molar-refractivity contribution in [3.8, 4) is 0 Å². The molecule has 0 heterocycles. The Morgan fingerprint density at radius 3 is 2.25 bits per heavy atom. The van der Waals surface area contributed by atoms with E-state index in [2.05, 4.69) is 6.58 Å². The molecule has 0 aromatic heterocycles. The quantitative estimate of drug-likeness (QED) is 0.437. The SMILES string of the molecule is C=C/C(=C\Cl)C(N)=O. The molecule has 0 aliphatic heterocycles. The molecule has 0 aliphatic rings. The van der Waals surface area contributed by atoms with E-state index in [9.17, 15) is 4.79 Å². The third-order valence-electron chi connectivity index (χ3n) is 0.622. The molecule has 2 N–H and O–H groups in total. The number of nitrogens with two attached hydrogens (primary N) is 1. The van der Waals surface area contributed by atoms with Crippen LogP contribution >= 0.6 is 11.6 Å². The van der Waals surface area contributed by atoms with Crippen LogP contribution in [0.5, 0.6) is 0 Å². The molecule has 0 atom stereocenters. The van der Waals surface area contributed by atoms with E-state index in [1.807, 2.05) is 0 Å². The fourth-order valence-corrected chi connectivity index (χ4v) is 0.396. The first-order valence-electron chi connectivity index (χ1n) is 1.95. The smallest absolute Gasteiger partial charge is 0.249 e. The molecule has 44 valence electrons. The van der Waals surface area contributed by atoms with Crippen molar-refractivity contribution in [2.75, 3.05) is 0 Å². The Balaban J connectivity index is 4.13. The molecule has 0 unspecified atom stereocenters. The molecule has 0 saturated carbocycles. The van der Waals surface area contributed by atoms with E-state index < -0.39 is 5.91 Å². The highest BCUT2D eigenvalue weighted by molar-refractivity contribution is 6.27. The molecular weight excluding hydrogens is 126 g/mol. The number of carbonyl (C=O) groups is 1. The van der Waals surface area contributed by atoms with Crippen molar-refractivity contribution in [2.24, 2.45) is 5.73 Å².